The molecule has 3 N–H and O–H groups in total. The molecule has 0 aromatic heterocycles. The van der Waals surface area contributed by atoms with Crippen LogP contribution >= 0.6 is 0 Å². The van der Waals surface area contributed by atoms with Gasteiger partial charge in [0.1, 0.15) is 11.5 Å². The van der Waals surface area contributed by atoms with E-state index in [4.69, 9.17) is 4.74 Å². The van der Waals surface area contributed by atoms with Crippen molar-refractivity contribution < 1.29 is 20.1 Å². The molecule has 2 aliphatic carbocycles. The molecule has 2 aliphatic rings. The van der Waals surface area contributed by atoms with E-state index in [1.807, 2.05) is 36.4 Å². The molecule has 0 aliphatic heterocycles. The molecule has 0 radical (unpaired) electrons. The van der Waals surface area contributed by atoms with Crippen molar-refractivity contribution in [1.82, 2.24) is 0 Å². The molecule has 0 heterocycles. The number of para-hydroxylation sites is 1. The third-order valence-corrected chi connectivity index (χ3v) is 8.42. The first-order valence-corrected chi connectivity index (χ1v) is 13.6. The molecule has 0 amide bonds. The Morgan fingerprint density at radius 3 is 1.64 bits per heavy atom. The number of benzene rings is 3. The van der Waals surface area contributed by atoms with Crippen LogP contribution in [0.2, 0.25) is 0 Å². The zero-order valence-electron chi connectivity index (χ0n) is 21.2. The van der Waals surface area contributed by atoms with Gasteiger partial charge in [-0.1, -0.05) is 74.9 Å². The lowest BCUT2D eigenvalue weighted by Gasteiger charge is -2.27. The third-order valence-electron chi connectivity index (χ3n) is 8.42. The predicted octanol–water partition coefficient (Wildman–Crippen LogP) is 8.09. The zero-order chi connectivity index (χ0) is 25.1. The number of hydrogen-bond donors (Lipinski definition) is 3. The summed E-state index contributed by atoms with van der Waals surface area (Å²) < 4.78 is 5.45. The second-order valence-electron chi connectivity index (χ2n) is 10.6. The molecule has 3 aromatic carbocycles. The SMILES string of the molecule is COc1cccc(C(c2ccc(O)c(C3CCCCC3)c2)c2ccc(O)c(C3CCCCC3)c2)c1O. The molecule has 2 saturated carbocycles. The number of aromatic hydroxyl groups is 3. The van der Waals surface area contributed by atoms with Crippen LogP contribution in [0.15, 0.2) is 54.6 Å². The summed E-state index contributed by atoms with van der Waals surface area (Å²) >= 11 is 0. The molecule has 2 fully saturated rings. The summed E-state index contributed by atoms with van der Waals surface area (Å²) in [5.74, 6) is 1.73. The van der Waals surface area contributed by atoms with Crippen molar-refractivity contribution in [2.45, 2.75) is 82.0 Å². The van der Waals surface area contributed by atoms with Gasteiger partial charge in [0.05, 0.1) is 7.11 Å². The molecule has 5 rings (SSSR count). The van der Waals surface area contributed by atoms with Gasteiger partial charge in [0.25, 0.3) is 0 Å². The van der Waals surface area contributed by atoms with Gasteiger partial charge in [-0.25, -0.2) is 0 Å². The van der Waals surface area contributed by atoms with Gasteiger partial charge in [0.15, 0.2) is 11.5 Å². The minimum Gasteiger partial charge on any atom is -0.508 e. The fourth-order valence-electron chi connectivity index (χ4n) is 6.47. The molecule has 3 aromatic rings. The smallest absolute Gasteiger partial charge is 0.161 e. The van der Waals surface area contributed by atoms with E-state index in [2.05, 4.69) is 12.1 Å². The predicted molar refractivity (Wildman–Crippen MR) is 143 cm³/mol. The van der Waals surface area contributed by atoms with Gasteiger partial charge < -0.3 is 20.1 Å². The van der Waals surface area contributed by atoms with E-state index in [-0.39, 0.29) is 11.7 Å². The minimum atomic E-state index is -0.258. The first-order valence-electron chi connectivity index (χ1n) is 13.6. The summed E-state index contributed by atoms with van der Waals surface area (Å²) in [5.41, 5.74) is 4.82. The van der Waals surface area contributed by atoms with Crippen molar-refractivity contribution in [2.24, 2.45) is 0 Å². The van der Waals surface area contributed by atoms with Crippen molar-refractivity contribution >= 4 is 0 Å². The molecule has 0 atom stereocenters. The molecular formula is C32H38O4. The van der Waals surface area contributed by atoms with E-state index in [0.717, 1.165) is 53.5 Å². The first kappa shape index (κ1) is 24.5. The van der Waals surface area contributed by atoms with Crippen LogP contribution in [0.1, 0.15) is 110 Å². The molecule has 4 heteroatoms. The molecule has 0 saturated heterocycles. The quantitative estimate of drug-likeness (QED) is 0.308. The average molecular weight is 487 g/mol. The molecule has 0 spiro atoms. The van der Waals surface area contributed by atoms with Crippen LogP contribution in [0.4, 0.5) is 0 Å². The van der Waals surface area contributed by atoms with Crippen LogP contribution in [0.5, 0.6) is 23.0 Å². The Morgan fingerprint density at radius 2 is 1.17 bits per heavy atom. The highest BCUT2D eigenvalue weighted by molar-refractivity contribution is 5.57. The van der Waals surface area contributed by atoms with Crippen molar-refractivity contribution in [3.63, 3.8) is 0 Å². The Hall–Kier alpha value is -3.14. The summed E-state index contributed by atoms with van der Waals surface area (Å²) in [6, 6.07) is 17.5. The summed E-state index contributed by atoms with van der Waals surface area (Å²) in [6.07, 6.45) is 11.7. The van der Waals surface area contributed by atoms with Crippen LogP contribution < -0.4 is 4.74 Å². The summed E-state index contributed by atoms with van der Waals surface area (Å²) in [5, 5.41) is 32.8. The highest BCUT2D eigenvalue weighted by Crippen LogP contribution is 2.46. The summed E-state index contributed by atoms with van der Waals surface area (Å²) in [7, 11) is 1.57. The van der Waals surface area contributed by atoms with Crippen molar-refractivity contribution in [3.8, 4) is 23.0 Å². The standard InChI is InChI=1S/C32H38O4/c1-36-30-14-8-13-25(32(30)35)31(23-15-17-28(33)26(19-23)21-9-4-2-5-10-21)24-16-18-29(34)27(20-24)22-11-6-3-7-12-22/h8,13-22,31,33-35H,2-7,9-12H2,1H3. The molecule has 36 heavy (non-hydrogen) atoms. The van der Waals surface area contributed by atoms with Gasteiger partial charge >= 0.3 is 0 Å². The number of ether oxygens (including phenoxy) is 1. The Bertz CT molecular complexity index is 1120. The Labute approximate surface area is 214 Å². The van der Waals surface area contributed by atoms with Gasteiger partial charge in [-0.2, -0.15) is 0 Å². The van der Waals surface area contributed by atoms with E-state index in [1.54, 1.807) is 13.2 Å². The van der Waals surface area contributed by atoms with E-state index < -0.39 is 0 Å². The highest BCUT2D eigenvalue weighted by atomic mass is 16.5. The second-order valence-corrected chi connectivity index (χ2v) is 10.6. The maximum atomic E-state index is 11.2. The van der Waals surface area contributed by atoms with E-state index >= 15 is 0 Å². The largest absolute Gasteiger partial charge is 0.508 e. The average Bonchev–Trinajstić information content (AvgIpc) is 2.92. The number of phenolic OH excluding ortho intramolecular Hbond substituents is 3. The molecular weight excluding hydrogens is 448 g/mol. The summed E-state index contributed by atoms with van der Waals surface area (Å²) in [6.45, 7) is 0. The number of hydrogen-bond acceptors (Lipinski definition) is 4. The topological polar surface area (TPSA) is 69.9 Å². The van der Waals surface area contributed by atoms with E-state index in [1.165, 1.54) is 38.5 Å². The Kier molecular flexibility index (Phi) is 7.41. The first-order chi connectivity index (χ1) is 17.6. The maximum absolute atomic E-state index is 11.2. The lowest BCUT2D eigenvalue weighted by Crippen LogP contribution is -2.10. The number of phenols is 3. The highest BCUT2D eigenvalue weighted by Gasteiger charge is 2.27. The van der Waals surface area contributed by atoms with Gasteiger partial charge in [-0.3, -0.25) is 0 Å². The van der Waals surface area contributed by atoms with Gasteiger partial charge in [0.2, 0.25) is 0 Å². The van der Waals surface area contributed by atoms with Crippen LogP contribution in [0.3, 0.4) is 0 Å². The minimum absolute atomic E-state index is 0.129. The van der Waals surface area contributed by atoms with Crippen molar-refractivity contribution in [1.29, 1.82) is 0 Å². The lowest BCUT2D eigenvalue weighted by molar-refractivity contribution is 0.370. The van der Waals surface area contributed by atoms with Gasteiger partial charge in [-0.15, -0.1) is 0 Å². The molecule has 190 valence electrons. The van der Waals surface area contributed by atoms with Gasteiger partial charge in [0, 0.05) is 11.5 Å². The number of rotatable bonds is 6. The third kappa shape index (κ3) is 4.91. The molecule has 0 bridgehead atoms. The monoisotopic (exact) mass is 486 g/mol. The fourth-order valence-corrected chi connectivity index (χ4v) is 6.47. The van der Waals surface area contributed by atoms with Gasteiger partial charge in [-0.05, 0) is 78.0 Å². The van der Waals surface area contributed by atoms with Crippen LogP contribution in [-0.4, -0.2) is 22.4 Å². The van der Waals surface area contributed by atoms with Crippen LogP contribution in [0, 0.1) is 0 Å². The van der Waals surface area contributed by atoms with Crippen LogP contribution in [-0.2, 0) is 0 Å². The fraction of sp³-hybridized carbons (Fsp3) is 0.438. The molecule has 0 unspecified atom stereocenters. The van der Waals surface area contributed by atoms with Crippen molar-refractivity contribution in [3.05, 3.63) is 82.4 Å². The van der Waals surface area contributed by atoms with Crippen molar-refractivity contribution in [2.75, 3.05) is 7.11 Å². The van der Waals surface area contributed by atoms with E-state index in [9.17, 15) is 15.3 Å². The Morgan fingerprint density at radius 1 is 0.667 bits per heavy atom. The normalized spacial score (nSPS) is 17.4. The number of methoxy groups -OCH3 is 1. The van der Waals surface area contributed by atoms with Crippen LogP contribution in [0.25, 0.3) is 0 Å². The maximum Gasteiger partial charge on any atom is 0.161 e. The Balaban J connectivity index is 1.64. The molecule has 4 nitrogen and oxygen atoms in total. The zero-order valence-corrected chi connectivity index (χ0v) is 21.2. The summed E-state index contributed by atoms with van der Waals surface area (Å²) in [4.78, 5) is 0. The second kappa shape index (κ2) is 10.9. The van der Waals surface area contributed by atoms with E-state index in [0.29, 0.717) is 29.1 Å². The lowest BCUT2D eigenvalue weighted by atomic mass is 9.78.